The second-order valence-corrected chi connectivity index (χ2v) is 3.45. The van der Waals surface area contributed by atoms with Gasteiger partial charge in [0.2, 0.25) is 0 Å². The Labute approximate surface area is 98.2 Å². The zero-order valence-electron chi connectivity index (χ0n) is 9.00. The molecule has 86 valence electrons. The first kappa shape index (κ1) is 11.1. The molecule has 1 aromatic carbocycles. The summed E-state index contributed by atoms with van der Waals surface area (Å²) in [5, 5.41) is 10.8. The third-order valence-corrected chi connectivity index (χ3v) is 2.23. The Bertz CT molecular complexity index is 514. The average molecular weight is 229 g/mol. The molecule has 2 N–H and O–H groups in total. The average Bonchev–Trinajstić information content (AvgIpc) is 2.38. The molecule has 0 unspecified atom stereocenters. The minimum atomic E-state index is -1.03. The Hall–Kier alpha value is -2.43. The molecule has 0 bridgehead atoms. The zero-order chi connectivity index (χ0) is 12.1. The van der Waals surface area contributed by atoms with Crippen molar-refractivity contribution in [1.29, 1.82) is 0 Å². The van der Waals surface area contributed by atoms with Crippen LogP contribution in [0.1, 0.15) is 5.56 Å². The summed E-state index contributed by atoms with van der Waals surface area (Å²) in [6, 6.07) is 7.52. The molecule has 5 nitrogen and oxygen atoms in total. The summed E-state index contributed by atoms with van der Waals surface area (Å²) in [5.74, 6) is 0. The smallest absolute Gasteiger partial charge is 0.404 e. The molecule has 1 aromatic heterocycles. The first-order valence-corrected chi connectivity index (χ1v) is 5.08. The van der Waals surface area contributed by atoms with Crippen LogP contribution in [-0.2, 0) is 6.54 Å². The van der Waals surface area contributed by atoms with E-state index in [-0.39, 0.29) is 6.54 Å². The highest BCUT2D eigenvalue weighted by Gasteiger charge is 2.01. The van der Waals surface area contributed by atoms with Gasteiger partial charge in [-0.25, -0.2) is 4.79 Å². The first-order valence-electron chi connectivity index (χ1n) is 5.08. The molecule has 0 saturated heterocycles. The Balaban J connectivity index is 2.20. The molecular weight excluding hydrogens is 218 g/mol. The van der Waals surface area contributed by atoms with E-state index >= 15 is 0 Å². The van der Waals surface area contributed by atoms with Gasteiger partial charge in [-0.05, 0) is 11.6 Å². The lowest BCUT2D eigenvalue weighted by Crippen LogP contribution is -2.19. The largest absolute Gasteiger partial charge is 0.465 e. The van der Waals surface area contributed by atoms with Gasteiger partial charge < -0.3 is 10.4 Å². The highest BCUT2D eigenvalue weighted by atomic mass is 16.4. The van der Waals surface area contributed by atoms with Gasteiger partial charge in [-0.3, -0.25) is 9.97 Å². The van der Waals surface area contributed by atoms with Gasteiger partial charge in [-0.1, -0.05) is 18.2 Å². The molecule has 2 rings (SSSR count). The summed E-state index contributed by atoms with van der Waals surface area (Å²) in [5.41, 5.74) is 2.57. The number of nitrogens with one attached hydrogen (secondary N) is 1. The van der Waals surface area contributed by atoms with Gasteiger partial charge in [0.05, 0.1) is 11.9 Å². The normalized spacial score (nSPS) is 9.88. The Morgan fingerprint density at radius 2 is 2.24 bits per heavy atom. The molecule has 0 spiro atoms. The van der Waals surface area contributed by atoms with Crippen LogP contribution in [0.3, 0.4) is 0 Å². The van der Waals surface area contributed by atoms with Crippen molar-refractivity contribution in [2.24, 2.45) is 0 Å². The van der Waals surface area contributed by atoms with Crippen molar-refractivity contribution >= 4 is 6.09 Å². The number of benzene rings is 1. The van der Waals surface area contributed by atoms with E-state index < -0.39 is 6.09 Å². The molecule has 0 aliphatic carbocycles. The second kappa shape index (κ2) is 5.07. The van der Waals surface area contributed by atoms with E-state index in [0.717, 1.165) is 16.8 Å². The predicted octanol–water partition coefficient (Wildman–Crippen LogP) is 1.91. The lowest BCUT2D eigenvalue weighted by Gasteiger charge is -2.04. The number of nitrogens with zero attached hydrogens (tertiary/aromatic N) is 2. The molecule has 0 aliphatic heterocycles. The highest BCUT2D eigenvalue weighted by Crippen LogP contribution is 2.16. The molecule has 0 radical (unpaired) electrons. The Morgan fingerprint density at radius 1 is 1.35 bits per heavy atom. The van der Waals surface area contributed by atoms with Crippen LogP contribution < -0.4 is 5.32 Å². The van der Waals surface area contributed by atoms with E-state index in [9.17, 15) is 4.79 Å². The maximum absolute atomic E-state index is 10.4. The number of hydrogen-bond donors (Lipinski definition) is 2. The van der Waals surface area contributed by atoms with E-state index in [1.807, 2.05) is 24.3 Å². The van der Waals surface area contributed by atoms with Crippen molar-refractivity contribution < 1.29 is 9.90 Å². The summed E-state index contributed by atoms with van der Waals surface area (Å²) in [4.78, 5) is 18.6. The monoisotopic (exact) mass is 229 g/mol. The van der Waals surface area contributed by atoms with E-state index in [2.05, 4.69) is 15.3 Å². The summed E-state index contributed by atoms with van der Waals surface area (Å²) < 4.78 is 0. The summed E-state index contributed by atoms with van der Waals surface area (Å²) in [7, 11) is 0. The maximum atomic E-state index is 10.4. The number of carbonyl (C=O) groups is 1. The fraction of sp³-hybridized carbons (Fsp3) is 0.0833. The molecule has 0 aliphatic rings. The van der Waals surface area contributed by atoms with Gasteiger partial charge in [0.15, 0.2) is 0 Å². The van der Waals surface area contributed by atoms with Crippen LogP contribution >= 0.6 is 0 Å². The van der Waals surface area contributed by atoms with Crippen LogP contribution in [-0.4, -0.2) is 21.2 Å². The fourth-order valence-corrected chi connectivity index (χ4v) is 1.47. The van der Waals surface area contributed by atoms with Gasteiger partial charge >= 0.3 is 6.09 Å². The number of rotatable bonds is 3. The van der Waals surface area contributed by atoms with Crippen molar-refractivity contribution in [3.63, 3.8) is 0 Å². The van der Waals surface area contributed by atoms with Crippen LogP contribution in [0, 0.1) is 0 Å². The molecule has 1 heterocycles. The summed E-state index contributed by atoms with van der Waals surface area (Å²) in [6.07, 6.45) is 3.87. The number of aromatic nitrogens is 2. The van der Waals surface area contributed by atoms with Crippen LogP contribution in [0.15, 0.2) is 42.9 Å². The van der Waals surface area contributed by atoms with Crippen molar-refractivity contribution in [1.82, 2.24) is 15.3 Å². The van der Waals surface area contributed by atoms with Crippen LogP contribution in [0.25, 0.3) is 11.3 Å². The minimum absolute atomic E-state index is 0.281. The molecule has 2 aromatic rings. The SMILES string of the molecule is O=C(O)NCc1cccc(-c2cnccn2)c1. The fourth-order valence-electron chi connectivity index (χ4n) is 1.47. The van der Waals surface area contributed by atoms with Crippen molar-refractivity contribution in [3.05, 3.63) is 48.4 Å². The van der Waals surface area contributed by atoms with Crippen molar-refractivity contribution in [2.45, 2.75) is 6.54 Å². The van der Waals surface area contributed by atoms with Crippen molar-refractivity contribution in [3.8, 4) is 11.3 Å². The van der Waals surface area contributed by atoms with E-state index in [4.69, 9.17) is 5.11 Å². The molecule has 0 fully saturated rings. The molecule has 1 amide bonds. The van der Waals surface area contributed by atoms with Crippen LogP contribution in [0.4, 0.5) is 4.79 Å². The molecule has 17 heavy (non-hydrogen) atoms. The minimum Gasteiger partial charge on any atom is -0.465 e. The summed E-state index contributed by atoms with van der Waals surface area (Å²) >= 11 is 0. The molecule has 5 heteroatoms. The molecule has 0 saturated carbocycles. The standard InChI is InChI=1S/C12H11N3O2/c16-12(17)15-7-9-2-1-3-10(6-9)11-8-13-4-5-14-11/h1-6,8,15H,7H2,(H,16,17). The van der Waals surface area contributed by atoms with E-state index in [1.165, 1.54) is 0 Å². The summed E-state index contributed by atoms with van der Waals surface area (Å²) in [6.45, 7) is 0.281. The first-order chi connectivity index (χ1) is 8.25. The van der Waals surface area contributed by atoms with Crippen molar-refractivity contribution in [2.75, 3.05) is 0 Å². The van der Waals surface area contributed by atoms with E-state index in [1.54, 1.807) is 18.6 Å². The maximum Gasteiger partial charge on any atom is 0.404 e. The van der Waals surface area contributed by atoms with Gasteiger partial charge in [-0.15, -0.1) is 0 Å². The van der Waals surface area contributed by atoms with Crippen LogP contribution in [0.2, 0.25) is 0 Å². The van der Waals surface area contributed by atoms with Gasteiger partial charge in [0.25, 0.3) is 0 Å². The molecule has 0 atom stereocenters. The third kappa shape index (κ3) is 3.01. The zero-order valence-corrected chi connectivity index (χ0v) is 9.00. The lowest BCUT2D eigenvalue weighted by atomic mass is 10.1. The number of carboxylic acid groups (broad SMARTS) is 1. The van der Waals surface area contributed by atoms with Crippen LogP contribution in [0.5, 0.6) is 0 Å². The quantitative estimate of drug-likeness (QED) is 0.843. The van der Waals surface area contributed by atoms with Gasteiger partial charge in [0, 0.05) is 24.5 Å². The van der Waals surface area contributed by atoms with Gasteiger partial charge in [0.1, 0.15) is 0 Å². The molecular formula is C12H11N3O2. The van der Waals surface area contributed by atoms with E-state index in [0.29, 0.717) is 0 Å². The lowest BCUT2D eigenvalue weighted by molar-refractivity contribution is 0.194. The Kier molecular flexibility index (Phi) is 3.30. The number of amides is 1. The predicted molar refractivity (Wildman–Crippen MR) is 62.3 cm³/mol. The topological polar surface area (TPSA) is 75.1 Å². The Morgan fingerprint density at radius 3 is 2.94 bits per heavy atom. The van der Waals surface area contributed by atoms with Gasteiger partial charge in [-0.2, -0.15) is 0 Å². The third-order valence-electron chi connectivity index (χ3n) is 2.23. The highest BCUT2D eigenvalue weighted by molar-refractivity contribution is 5.65. The second-order valence-electron chi connectivity index (χ2n) is 3.45. The number of hydrogen-bond acceptors (Lipinski definition) is 3.